The highest BCUT2D eigenvalue weighted by Gasteiger charge is 2.19. The number of fused-ring (bicyclic) bond motifs is 1. The fraction of sp³-hybridized carbons (Fsp3) is 0.217. The van der Waals surface area contributed by atoms with Crippen LogP contribution in [0.3, 0.4) is 0 Å². The van der Waals surface area contributed by atoms with E-state index in [1.165, 1.54) is 42.7 Å². The SMILES string of the molecule is Nc1ncc(-c2nc(N)c3cc(-c4cccc(NS(=O)(=O)CCCF)c4F)cc(OCCF)c3n2)cn1. The fourth-order valence-corrected chi connectivity index (χ4v) is 4.60. The molecule has 0 radical (unpaired) electrons. The van der Waals surface area contributed by atoms with E-state index in [2.05, 4.69) is 24.7 Å². The molecule has 0 unspecified atom stereocenters. The summed E-state index contributed by atoms with van der Waals surface area (Å²) in [5, 5.41) is 0.291. The zero-order valence-electron chi connectivity index (χ0n) is 19.3. The second-order valence-corrected chi connectivity index (χ2v) is 9.64. The van der Waals surface area contributed by atoms with Crippen LogP contribution >= 0.6 is 0 Å². The zero-order valence-corrected chi connectivity index (χ0v) is 20.1. The number of hydrogen-bond donors (Lipinski definition) is 3. The number of nitrogens with two attached hydrogens (primary N) is 2. The van der Waals surface area contributed by atoms with Gasteiger partial charge in [0.1, 0.15) is 30.4 Å². The molecule has 0 saturated heterocycles. The number of nitrogens with one attached hydrogen (secondary N) is 1. The predicted molar refractivity (Wildman–Crippen MR) is 134 cm³/mol. The molecule has 194 valence electrons. The van der Waals surface area contributed by atoms with Gasteiger partial charge in [-0.1, -0.05) is 12.1 Å². The first-order valence-corrected chi connectivity index (χ1v) is 12.6. The molecule has 0 aliphatic heterocycles. The maximum atomic E-state index is 15.4. The van der Waals surface area contributed by atoms with Gasteiger partial charge >= 0.3 is 0 Å². The smallest absolute Gasteiger partial charge is 0.232 e. The molecule has 5 N–H and O–H groups in total. The van der Waals surface area contributed by atoms with Gasteiger partial charge in [0.15, 0.2) is 11.6 Å². The van der Waals surface area contributed by atoms with Crippen molar-refractivity contribution in [2.75, 3.05) is 41.9 Å². The van der Waals surface area contributed by atoms with E-state index in [9.17, 15) is 17.2 Å². The van der Waals surface area contributed by atoms with Crippen LogP contribution in [-0.4, -0.2) is 54.1 Å². The number of halogens is 3. The Labute approximate surface area is 210 Å². The van der Waals surface area contributed by atoms with Crippen molar-refractivity contribution < 1.29 is 26.3 Å². The fourth-order valence-electron chi connectivity index (χ4n) is 3.52. The summed E-state index contributed by atoms with van der Waals surface area (Å²) in [5.41, 5.74) is 12.3. The van der Waals surface area contributed by atoms with Crippen LogP contribution in [0.2, 0.25) is 0 Å². The van der Waals surface area contributed by atoms with E-state index in [1.807, 2.05) is 0 Å². The first-order valence-electron chi connectivity index (χ1n) is 11.0. The van der Waals surface area contributed by atoms with Gasteiger partial charge < -0.3 is 16.2 Å². The molecule has 10 nitrogen and oxygen atoms in total. The summed E-state index contributed by atoms with van der Waals surface area (Å²) in [6.45, 7) is -1.92. The summed E-state index contributed by atoms with van der Waals surface area (Å²) in [4.78, 5) is 16.6. The standard InChI is InChI=1S/C23H22F3N7O3S/c24-5-2-8-37(34,35)33-17-4-1-3-15(19(17)26)13-9-16-20(18(10-13)36-7-6-25)31-22(32-21(16)27)14-11-29-23(28)30-12-14/h1,3-4,9-12,33H,2,5-8H2,(H2,27,31,32)(H2,28,29,30). The Morgan fingerprint density at radius 2 is 1.76 bits per heavy atom. The first-order chi connectivity index (χ1) is 17.7. The molecule has 0 amide bonds. The summed E-state index contributed by atoms with van der Waals surface area (Å²) in [5.74, 6) is -1.03. The quantitative estimate of drug-likeness (QED) is 0.277. The van der Waals surface area contributed by atoms with Gasteiger partial charge in [-0.2, -0.15) is 0 Å². The lowest BCUT2D eigenvalue weighted by atomic mass is 10.0. The number of ether oxygens (including phenoxy) is 1. The molecule has 0 aliphatic rings. The maximum absolute atomic E-state index is 15.4. The average molecular weight is 534 g/mol. The molecule has 0 bridgehead atoms. The van der Waals surface area contributed by atoms with Crippen molar-refractivity contribution in [2.24, 2.45) is 0 Å². The van der Waals surface area contributed by atoms with Gasteiger partial charge in [-0.3, -0.25) is 9.11 Å². The summed E-state index contributed by atoms with van der Waals surface area (Å²) < 4.78 is 72.8. The van der Waals surface area contributed by atoms with E-state index >= 15 is 4.39 Å². The molecular weight excluding hydrogens is 511 g/mol. The number of nitrogens with zero attached hydrogens (tertiary/aromatic N) is 4. The molecule has 2 heterocycles. The molecule has 0 atom stereocenters. The molecule has 4 rings (SSSR count). The van der Waals surface area contributed by atoms with Crippen LogP contribution in [0.25, 0.3) is 33.4 Å². The summed E-state index contributed by atoms with van der Waals surface area (Å²) in [6, 6.07) is 7.06. The summed E-state index contributed by atoms with van der Waals surface area (Å²) in [6.07, 6.45) is 2.60. The van der Waals surface area contributed by atoms with Crippen LogP contribution in [0, 0.1) is 5.82 Å². The lowest BCUT2D eigenvalue weighted by Crippen LogP contribution is -2.18. The number of aromatic nitrogens is 4. The molecule has 0 fully saturated rings. The van der Waals surface area contributed by atoms with Crippen molar-refractivity contribution in [1.82, 2.24) is 19.9 Å². The Hall–Kier alpha value is -4.20. The maximum Gasteiger partial charge on any atom is 0.232 e. The second kappa shape index (κ2) is 10.8. The molecule has 37 heavy (non-hydrogen) atoms. The molecular formula is C23H22F3N7O3S. The molecule has 2 aromatic carbocycles. The molecule has 4 aromatic rings. The van der Waals surface area contributed by atoms with Crippen molar-refractivity contribution in [3.05, 3.63) is 48.5 Å². The van der Waals surface area contributed by atoms with Crippen LogP contribution in [-0.2, 0) is 10.0 Å². The van der Waals surface area contributed by atoms with Gasteiger partial charge in [-0.15, -0.1) is 0 Å². The molecule has 0 saturated carbocycles. The number of alkyl halides is 2. The first kappa shape index (κ1) is 25.9. The number of anilines is 3. The van der Waals surface area contributed by atoms with Crippen LogP contribution in [0.4, 0.5) is 30.6 Å². The largest absolute Gasteiger partial charge is 0.489 e. The Bertz CT molecular complexity index is 1540. The van der Waals surface area contributed by atoms with E-state index in [0.717, 1.165) is 0 Å². The minimum atomic E-state index is -3.97. The van der Waals surface area contributed by atoms with Gasteiger partial charge in [0.05, 0.1) is 23.7 Å². The Morgan fingerprint density at radius 1 is 1.00 bits per heavy atom. The highest BCUT2D eigenvalue weighted by molar-refractivity contribution is 7.92. The van der Waals surface area contributed by atoms with Crippen molar-refractivity contribution >= 4 is 38.4 Å². The Kier molecular flexibility index (Phi) is 7.57. The third-order valence-electron chi connectivity index (χ3n) is 5.18. The lowest BCUT2D eigenvalue weighted by Gasteiger charge is -2.15. The van der Waals surface area contributed by atoms with Crippen molar-refractivity contribution in [3.63, 3.8) is 0 Å². The van der Waals surface area contributed by atoms with Gasteiger partial charge in [0.25, 0.3) is 0 Å². The van der Waals surface area contributed by atoms with E-state index in [1.54, 1.807) is 0 Å². The number of sulfonamides is 1. The predicted octanol–water partition coefficient (Wildman–Crippen LogP) is 3.51. The van der Waals surface area contributed by atoms with E-state index < -0.39 is 34.9 Å². The number of hydrogen-bond acceptors (Lipinski definition) is 9. The third-order valence-corrected chi connectivity index (χ3v) is 6.54. The van der Waals surface area contributed by atoms with Crippen molar-refractivity contribution in [1.29, 1.82) is 0 Å². The van der Waals surface area contributed by atoms with Crippen LogP contribution < -0.4 is 20.9 Å². The Morgan fingerprint density at radius 3 is 2.46 bits per heavy atom. The highest BCUT2D eigenvalue weighted by Crippen LogP contribution is 2.37. The zero-order chi connectivity index (χ0) is 26.6. The van der Waals surface area contributed by atoms with E-state index in [4.69, 9.17) is 16.2 Å². The molecule has 2 aromatic heterocycles. The van der Waals surface area contributed by atoms with E-state index in [0.29, 0.717) is 10.9 Å². The lowest BCUT2D eigenvalue weighted by molar-refractivity contribution is 0.275. The Balaban J connectivity index is 1.83. The van der Waals surface area contributed by atoms with E-state index in [-0.39, 0.29) is 58.7 Å². The van der Waals surface area contributed by atoms with Gasteiger partial charge in [-0.25, -0.2) is 37.1 Å². The van der Waals surface area contributed by atoms with Crippen molar-refractivity contribution in [2.45, 2.75) is 6.42 Å². The topological polar surface area (TPSA) is 159 Å². The van der Waals surface area contributed by atoms with Crippen LogP contribution in [0.15, 0.2) is 42.7 Å². The monoisotopic (exact) mass is 533 g/mol. The molecule has 0 aliphatic carbocycles. The number of benzene rings is 2. The van der Waals surface area contributed by atoms with Gasteiger partial charge in [-0.05, 0) is 30.2 Å². The summed E-state index contributed by atoms with van der Waals surface area (Å²) in [7, 11) is -3.97. The molecule has 0 spiro atoms. The van der Waals surface area contributed by atoms with Crippen LogP contribution in [0.5, 0.6) is 5.75 Å². The number of rotatable bonds is 10. The van der Waals surface area contributed by atoms with Crippen molar-refractivity contribution in [3.8, 4) is 28.3 Å². The van der Waals surface area contributed by atoms with Crippen LogP contribution in [0.1, 0.15) is 6.42 Å². The normalized spacial score (nSPS) is 11.5. The second-order valence-electron chi connectivity index (χ2n) is 7.80. The van der Waals surface area contributed by atoms with Gasteiger partial charge in [0.2, 0.25) is 16.0 Å². The average Bonchev–Trinajstić information content (AvgIpc) is 2.87. The minimum absolute atomic E-state index is 0.00750. The van der Waals surface area contributed by atoms with Gasteiger partial charge in [0, 0.05) is 23.3 Å². The summed E-state index contributed by atoms with van der Waals surface area (Å²) >= 11 is 0. The number of nitrogen functional groups attached to an aromatic ring is 2. The minimum Gasteiger partial charge on any atom is -0.489 e. The highest BCUT2D eigenvalue weighted by atomic mass is 32.2. The molecule has 14 heteroatoms. The third kappa shape index (κ3) is 5.80.